The number of hydrogen-bond acceptors (Lipinski definition) is 3. The van der Waals surface area contributed by atoms with E-state index in [-0.39, 0.29) is 0 Å². The van der Waals surface area contributed by atoms with E-state index in [1.807, 2.05) is 0 Å². The molecule has 3 heteroatoms. The molecular formula is C13H28N2O. The predicted octanol–water partition coefficient (Wildman–Crippen LogP) is 1.73. The first kappa shape index (κ1) is 13.9. The molecule has 1 rings (SSSR count). The molecule has 96 valence electrons. The molecule has 1 aliphatic rings. The molecule has 1 fully saturated rings. The van der Waals surface area contributed by atoms with Crippen LogP contribution in [0.25, 0.3) is 0 Å². The molecule has 1 N–H and O–H groups in total. The lowest BCUT2D eigenvalue weighted by Gasteiger charge is -2.37. The molecule has 0 aromatic heterocycles. The van der Waals surface area contributed by atoms with Crippen molar-refractivity contribution in [2.75, 3.05) is 39.4 Å². The largest absolute Gasteiger partial charge is 0.380 e. The molecule has 0 saturated carbocycles. The molecule has 0 aromatic carbocycles. The van der Waals surface area contributed by atoms with Gasteiger partial charge in [-0.25, -0.2) is 0 Å². The van der Waals surface area contributed by atoms with Crippen LogP contribution in [-0.4, -0.2) is 50.3 Å². The molecule has 1 heterocycles. The zero-order chi connectivity index (χ0) is 11.8. The highest BCUT2D eigenvalue weighted by Gasteiger charge is 2.24. The molecule has 0 amide bonds. The fourth-order valence-corrected chi connectivity index (χ4v) is 2.44. The van der Waals surface area contributed by atoms with Gasteiger partial charge < -0.3 is 15.0 Å². The van der Waals surface area contributed by atoms with Crippen LogP contribution in [0.3, 0.4) is 0 Å². The normalized spacial score (nSPS) is 27.2. The Hall–Kier alpha value is -0.120. The van der Waals surface area contributed by atoms with Crippen molar-refractivity contribution in [1.82, 2.24) is 10.2 Å². The maximum Gasteiger partial charge on any atom is 0.0593 e. The standard InChI is InChI=1S/C13H28N2O/c1-4-9-16-10-8-15-7-6-13(14-5-2)12(3)11-15/h12-14H,4-11H2,1-3H3. The molecule has 0 aromatic rings. The van der Waals surface area contributed by atoms with E-state index in [9.17, 15) is 0 Å². The van der Waals surface area contributed by atoms with E-state index in [2.05, 4.69) is 31.0 Å². The number of piperidine rings is 1. The van der Waals surface area contributed by atoms with Crippen LogP contribution in [0.15, 0.2) is 0 Å². The molecule has 2 atom stereocenters. The third-order valence-corrected chi connectivity index (χ3v) is 3.36. The van der Waals surface area contributed by atoms with Gasteiger partial charge in [0.05, 0.1) is 6.61 Å². The second-order valence-corrected chi connectivity index (χ2v) is 4.84. The number of nitrogens with one attached hydrogen (secondary N) is 1. The average molecular weight is 228 g/mol. The van der Waals surface area contributed by atoms with Crippen LogP contribution < -0.4 is 5.32 Å². The number of ether oxygens (including phenoxy) is 1. The summed E-state index contributed by atoms with van der Waals surface area (Å²) in [6.45, 7) is 13.1. The topological polar surface area (TPSA) is 24.5 Å². The summed E-state index contributed by atoms with van der Waals surface area (Å²) in [4.78, 5) is 2.54. The molecule has 1 saturated heterocycles. The SMILES string of the molecule is CCCOCCN1CCC(NCC)C(C)C1. The molecule has 0 aliphatic carbocycles. The van der Waals surface area contributed by atoms with Gasteiger partial charge in [0.1, 0.15) is 0 Å². The highest BCUT2D eigenvalue weighted by Crippen LogP contribution is 2.16. The second kappa shape index (κ2) is 8.04. The van der Waals surface area contributed by atoms with Crippen LogP contribution in [0.4, 0.5) is 0 Å². The van der Waals surface area contributed by atoms with Gasteiger partial charge >= 0.3 is 0 Å². The zero-order valence-corrected chi connectivity index (χ0v) is 11.2. The van der Waals surface area contributed by atoms with Gasteiger partial charge in [-0.15, -0.1) is 0 Å². The van der Waals surface area contributed by atoms with E-state index in [1.165, 1.54) is 19.5 Å². The molecule has 0 bridgehead atoms. The van der Waals surface area contributed by atoms with Crippen LogP contribution >= 0.6 is 0 Å². The summed E-state index contributed by atoms with van der Waals surface area (Å²) in [5.41, 5.74) is 0. The number of hydrogen-bond donors (Lipinski definition) is 1. The summed E-state index contributed by atoms with van der Waals surface area (Å²) in [6, 6.07) is 0.720. The lowest BCUT2D eigenvalue weighted by Crippen LogP contribution is -2.48. The van der Waals surface area contributed by atoms with E-state index in [0.717, 1.165) is 44.7 Å². The Bertz CT molecular complexity index is 173. The molecule has 3 nitrogen and oxygen atoms in total. The molecular weight excluding hydrogens is 200 g/mol. The summed E-state index contributed by atoms with van der Waals surface area (Å²) in [5.74, 6) is 0.764. The van der Waals surface area contributed by atoms with Gasteiger partial charge in [0.15, 0.2) is 0 Å². The van der Waals surface area contributed by atoms with E-state index >= 15 is 0 Å². The van der Waals surface area contributed by atoms with Crippen LogP contribution in [0.5, 0.6) is 0 Å². The molecule has 2 unspecified atom stereocenters. The van der Waals surface area contributed by atoms with E-state index < -0.39 is 0 Å². The number of nitrogens with zero attached hydrogens (tertiary/aromatic N) is 1. The van der Waals surface area contributed by atoms with Crippen molar-refractivity contribution in [2.24, 2.45) is 5.92 Å². The van der Waals surface area contributed by atoms with Gasteiger partial charge in [0.2, 0.25) is 0 Å². The predicted molar refractivity (Wildman–Crippen MR) is 68.8 cm³/mol. The third kappa shape index (κ3) is 4.81. The van der Waals surface area contributed by atoms with E-state index in [0.29, 0.717) is 0 Å². The molecule has 0 radical (unpaired) electrons. The highest BCUT2D eigenvalue weighted by atomic mass is 16.5. The van der Waals surface area contributed by atoms with Gasteiger partial charge in [-0.3, -0.25) is 0 Å². The molecule has 1 aliphatic heterocycles. The van der Waals surface area contributed by atoms with Crippen LogP contribution in [0.2, 0.25) is 0 Å². The van der Waals surface area contributed by atoms with Gasteiger partial charge in [-0.1, -0.05) is 20.8 Å². The first-order valence-electron chi connectivity index (χ1n) is 6.81. The van der Waals surface area contributed by atoms with Crippen molar-refractivity contribution in [3.8, 4) is 0 Å². The number of rotatable bonds is 7. The minimum atomic E-state index is 0.720. The summed E-state index contributed by atoms with van der Waals surface area (Å²) in [6.07, 6.45) is 2.40. The average Bonchev–Trinajstić information content (AvgIpc) is 2.28. The highest BCUT2D eigenvalue weighted by molar-refractivity contribution is 4.82. The summed E-state index contributed by atoms with van der Waals surface area (Å²) >= 11 is 0. The zero-order valence-electron chi connectivity index (χ0n) is 11.2. The van der Waals surface area contributed by atoms with Gasteiger partial charge in [-0.2, -0.15) is 0 Å². The van der Waals surface area contributed by atoms with Gasteiger partial charge in [0.25, 0.3) is 0 Å². The maximum absolute atomic E-state index is 5.54. The van der Waals surface area contributed by atoms with Crippen molar-refractivity contribution in [1.29, 1.82) is 0 Å². The Morgan fingerprint density at radius 1 is 1.31 bits per heavy atom. The molecule has 16 heavy (non-hydrogen) atoms. The van der Waals surface area contributed by atoms with E-state index in [4.69, 9.17) is 4.74 Å². The van der Waals surface area contributed by atoms with Gasteiger partial charge in [-0.05, 0) is 31.8 Å². The van der Waals surface area contributed by atoms with Crippen LogP contribution in [0, 0.1) is 5.92 Å². The fraction of sp³-hybridized carbons (Fsp3) is 1.00. The van der Waals surface area contributed by atoms with Crippen molar-refractivity contribution in [3.63, 3.8) is 0 Å². The smallest absolute Gasteiger partial charge is 0.0593 e. The fourth-order valence-electron chi connectivity index (χ4n) is 2.44. The Labute approximate surface area is 101 Å². The van der Waals surface area contributed by atoms with Crippen molar-refractivity contribution >= 4 is 0 Å². The van der Waals surface area contributed by atoms with Crippen molar-refractivity contribution in [3.05, 3.63) is 0 Å². The summed E-state index contributed by atoms with van der Waals surface area (Å²) < 4.78 is 5.54. The number of likely N-dealkylation sites (tertiary alicyclic amines) is 1. The lowest BCUT2D eigenvalue weighted by molar-refractivity contribution is 0.0785. The lowest BCUT2D eigenvalue weighted by atomic mass is 9.94. The maximum atomic E-state index is 5.54. The quantitative estimate of drug-likeness (QED) is 0.672. The van der Waals surface area contributed by atoms with Crippen LogP contribution in [0.1, 0.15) is 33.6 Å². The van der Waals surface area contributed by atoms with Crippen LogP contribution in [-0.2, 0) is 4.74 Å². The van der Waals surface area contributed by atoms with Gasteiger partial charge in [0, 0.05) is 25.7 Å². The minimum Gasteiger partial charge on any atom is -0.380 e. The first-order valence-corrected chi connectivity index (χ1v) is 6.81. The summed E-state index contributed by atoms with van der Waals surface area (Å²) in [7, 11) is 0. The van der Waals surface area contributed by atoms with Crippen molar-refractivity contribution < 1.29 is 4.74 Å². The minimum absolute atomic E-state index is 0.720. The van der Waals surface area contributed by atoms with Crippen molar-refractivity contribution in [2.45, 2.75) is 39.7 Å². The monoisotopic (exact) mass is 228 g/mol. The first-order chi connectivity index (χ1) is 7.77. The Kier molecular flexibility index (Phi) is 7.01. The third-order valence-electron chi connectivity index (χ3n) is 3.36. The Morgan fingerprint density at radius 3 is 2.75 bits per heavy atom. The molecule has 0 spiro atoms. The summed E-state index contributed by atoms with van der Waals surface area (Å²) in [5, 5.41) is 3.57. The second-order valence-electron chi connectivity index (χ2n) is 4.84. The Balaban J connectivity index is 2.13. The Morgan fingerprint density at radius 2 is 2.12 bits per heavy atom. The van der Waals surface area contributed by atoms with E-state index in [1.54, 1.807) is 0 Å².